The van der Waals surface area contributed by atoms with E-state index >= 15 is 0 Å². The average molecular weight is 663 g/mol. The normalized spacial score (nSPS) is 11.9. The summed E-state index contributed by atoms with van der Waals surface area (Å²) in [7, 11) is 4.30. The SMILES string of the molecule is CCCCCC/C=C/COC(=O)CCCCCCCC(CCCCCCCC(=O)OC/C=C/CCCCCC)CN(C)CCCNC. The molecule has 6 heteroatoms. The lowest BCUT2D eigenvalue weighted by molar-refractivity contribution is -0.143. The third kappa shape index (κ3) is 35.5. The molecule has 0 aliphatic rings. The monoisotopic (exact) mass is 663 g/mol. The highest BCUT2D eigenvalue weighted by molar-refractivity contribution is 5.69. The summed E-state index contributed by atoms with van der Waals surface area (Å²) in [6.07, 6.45) is 37.0. The highest BCUT2D eigenvalue weighted by Crippen LogP contribution is 2.20. The molecule has 276 valence electrons. The molecule has 0 saturated heterocycles. The van der Waals surface area contributed by atoms with E-state index < -0.39 is 0 Å². The van der Waals surface area contributed by atoms with Gasteiger partial charge in [-0.05, 0) is 90.9 Å². The lowest BCUT2D eigenvalue weighted by Crippen LogP contribution is -2.28. The molecule has 0 bridgehead atoms. The smallest absolute Gasteiger partial charge is 0.306 e. The Morgan fingerprint density at radius 2 is 1.04 bits per heavy atom. The van der Waals surface area contributed by atoms with E-state index in [1.165, 1.54) is 116 Å². The van der Waals surface area contributed by atoms with Gasteiger partial charge in [0.15, 0.2) is 0 Å². The maximum absolute atomic E-state index is 12.0. The van der Waals surface area contributed by atoms with Crippen molar-refractivity contribution in [2.45, 2.75) is 174 Å². The molecule has 0 amide bonds. The van der Waals surface area contributed by atoms with Gasteiger partial charge in [-0.25, -0.2) is 0 Å². The molecule has 0 saturated carbocycles. The van der Waals surface area contributed by atoms with Crippen LogP contribution in [0.25, 0.3) is 0 Å². The van der Waals surface area contributed by atoms with Crippen LogP contribution in [0.4, 0.5) is 0 Å². The van der Waals surface area contributed by atoms with E-state index in [9.17, 15) is 9.59 Å². The van der Waals surface area contributed by atoms with Gasteiger partial charge in [0.25, 0.3) is 0 Å². The molecule has 0 heterocycles. The topological polar surface area (TPSA) is 67.9 Å². The zero-order valence-electron chi connectivity index (χ0n) is 31.7. The molecule has 0 aromatic rings. The molecular formula is C41H78N2O4. The summed E-state index contributed by atoms with van der Waals surface area (Å²) in [5.41, 5.74) is 0. The third-order valence-electron chi connectivity index (χ3n) is 8.99. The van der Waals surface area contributed by atoms with Crippen LogP contribution >= 0.6 is 0 Å². The molecule has 1 N–H and O–H groups in total. The van der Waals surface area contributed by atoms with Gasteiger partial charge >= 0.3 is 11.9 Å². The Labute approximate surface area is 292 Å². The van der Waals surface area contributed by atoms with Crippen molar-refractivity contribution in [3.05, 3.63) is 24.3 Å². The quantitative estimate of drug-likeness (QED) is 0.0409. The molecule has 47 heavy (non-hydrogen) atoms. The largest absolute Gasteiger partial charge is 0.461 e. The minimum absolute atomic E-state index is 0.0573. The number of ether oxygens (including phenoxy) is 2. The molecule has 0 aliphatic heterocycles. The predicted octanol–water partition coefficient (Wildman–Crippen LogP) is 10.7. The highest BCUT2D eigenvalue weighted by Gasteiger charge is 2.12. The average Bonchev–Trinajstić information content (AvgIpc) is 3.06. The molecule has 0 spiro atoms. The zero-order valence-corrected chi connectivity index (χ0v) is 31.7. The minimum atomic E-state index is -0.0573. The summed E-state index contributed by atoms with van der Waals surface area (Å²) in [5, 5.41) is 3.26. The van der Waals surface area contributed by atoms with Crippen LogP contribution in [-0.4, -0.2) is 63.8 Å². The number of nitrogens with zero attached hydrogens (tertiary/aromatic N) is 1. The van der Waals surface area contributed by atoms with Gasteiger partial charge in [0.2, 0.25) is 0 Å². The Balaban J connectivity index is 4.04. The van der Waals surface area contributed by atoms with Gasteiger partial charge in [-0.1, -0.05) is 128 Å². The number of unbranched alkanes of at least 4 members (excludes halogenated alkanes) is 16. The molecule has 0 radical (unpaired) electrons. The van der Waals surface area contributed by atoms with Gasteiger partial charge in [-0.3, -0.25) is 9.59 Å². The third-order valence-corrected chi connectivity index (χ3v) is 8.99. The van der Waals surface area contributed by atoms with Crippen molar-refractivity contribution in [3.8, 4) is 0 Å². The molecule has 0 rings (SSSR count). The zero-order chi connectivity index (χ0) is 34.5. The second-order valence-corrected chi connectivity index (χ2v) is 13.7. The van der Waals surface area contributed by atoms with Crippen LogP contribution in [0.5, 0.6) is 0 Å². The number of esters is 2. The lowest BCUT2D eigenvalue weighted by atomic mass is 9.93. The first-order valence-corrected chi connectivity index (χ1v) is 20.0. The van der Waals surface area contributed by atoms with Crippen LogP contribution in [0.1, 0.15) is 174 Å². The number of nitrogens with one attached hydrogen (secondary N) is 1. The van der Waals surface area contributed by atoms with Gasteiger partial charge < -0.3 is 19.7 Å². The summed E-state index contributed by atoms with van der Waals surface area (Å²) in [6.45, 7) is 8.70. The van der Waals surface area contributed by atoms with Gasteiger partial charge in [-0.2, -0.15) is 0 Å². The highest BCUT2D eigenvalue weighted by atomic mass is 16.5. The lowest BCUT2D eigenvalue weighted by Gasteiger charge is -2.24. The van der Waals surface area contributed by atoms with Crippen molar-refractivity contribution >= 4 is 11.9 Å². The molecule has 0 fully saturated rings. The molecule has 0 aromatic heterocycles. The van der Waals surface area contributed by atoms with Crippen molar-refractivity contribution in [2.24, 2.45) is 5.92 Å². The predicted molar refractivity (Wildman–Crippen MR) is 202 cm³/mol. The Hall–Kier alpha value is -1.66. The maximum atomic E-state index is 12.0. The van der Waals surface area contributed by atoms with E-state index in [1.54, 1.807) is 0 Å². The van der Waals surface area contributed by atoms with Gasteiger partial charge in [-0.15, -0.1) is 0 Å². The Kier molecular flexibility index (Phi) is 35.9. The summed E-state index contributed by atoms with van der Waals surface area (Å²) in [6, 6.07) is 0. The van der Waals surface area contributed by atoms with E-state index in [2.05, 4.69) is 43.3 Å². The standard InChI is InChI=1S/C41H78N2O4/c1-5-7-9-11-13-21-27-36-46-40(44)32-25-19-15-17-23-30-39(38-43(4)35-29-34-42-3)31-24-18-16-20-26-33-41(45)47-37-28-22-14-12-10-8-6-2/h21-22,27-28,39,42H,5-20,23-26,29-38H2,1-4H3/b27-21+,28-22+. The molecule has 0 unspecified atom stereocenters. The number of rotatable bonds is 36. The van der Waals surface area contributed by atoms with Crippen molar-refractivity contribution in [1.29, 1.82) is 0 Å². The van der Waals surface area contributed by atoms with E-state index in [1.807, 2.05) is 19.2 Å². The summed E-state index contributed by atoms with van der Waals surface area (Å²) < 4.78 is 10.7. The Bertz CT molecular complexity index is 687. The number of hydrogen-bond acceptors (Lipinski definition) is 6. The summed E-state index contributed by atoms with van der Waals surface area (Å²) in [4.78, 5) is 26.5. The molecule has 0 aliphatic carbocycles. The van der Waals surface area contributed by atoms with Gasteiger partial charge in [0, 0.05) is 19.4 Å². The second-order valence-electron chi connectivity index (χ2n) is 13.7. The fraction of sp³-hybridized carbons (Fsp3) is 0.854. The van der Waals surface area contributed by atoms with Crippen molar-refractivity contribution < 1.29 is 19.1 Å². The number of carbonyl (C=O) groups excluding carboxylic acids is 2. The fourth-order valence-electron chi connectivity index (χ4n) is 6.03. The van der Waals surface area contributed by atoms with E-state index in [-0.39, 0.29) is 11.9 Å². The molecule has 0 atom stereocenters. The van der Waals surface area contributed by atoms with Crippen LogP contribution in [0.15, 0.2) is 24.3 Å². The first kappa shape index (κ1) is 45.3. The molecule has 6 nitrogen and oxygen atoms in total. The minimum Gasteiger partial charge on any atom is -0.461 e. The van der Waals surface area contributed by atoms with Crippen LogP contribution < -0.4 is 5.32 Å². The number of hydrogen-bond donors (Lipinski definition) is 1. The van der Waals surface area contributed by atoms with Crippen LogP contribution in [0, 0.1) is 5.92 Å². The van der Waals surface area contributed by atoms with E-state index in [4.69, 9.17) is 9.47 Å². The first-order valence-electron chi connectivity index (χ1n) is 20.0. The van der Waals surface area contributed by atoms with Crippen LogP contribution in [0.3, 0.4) is 0 Å². The molecule has 0 aromatic carbocycles. The number of allylic oxidation sites excluding steroid dienone is 2. The van der Waals surface area contributed by atoms with Crippen molar-refractivity contribution in [2.75, 3.05) is 46.9 Å². The van der Waals surface area contributed by atoms with Crippen LogP contribution in [-0.2, 0) is 19.1 Å². The second kappa shape index (κ2) is 37.2. The Morgan fingerprint density at radius 3 is 1.51 bits per heavy atom. The fourth-order valence-corrected chi connectivity index (χ4v) is 6.03. The van der Waals surface area contributed by atoms with E-state index in [0.717, 1.165) is 57.5 Å². The van der Waals surface area contributed by atoms with E-state index in [0.29, 0.717) is 26.1 Å². The summed E-state index contributed by atoms with van der Waals surface area (Å²) >= 11 is 0. The Morgan fingerprint density at radius 1 is 0.596 bits per heavy atom. The summed E-state index contributed by atoms with van der Waals surface area (Å²) in [5.74, 6) is 0.635. The number of carbonyl (C=O) groups is 2. The maximum Gasteiger partial charge on any atom is 0.306 e. The van der Waals surface area contributed by atoms with Crippen LogP contribution in [0.2, 0.25) is 0 Å². The van der Waals surface area contributed by atoms with Crippen molar-refractivity contribution in [3.63, 3.8) is 0 Å². The van der Waals surface area contributed by atoms with Gasteiger partial charge in [0.1, 0.15) is 13.2 Å². The van der Waals surface area contributed by atoms with Crippen molar-refractivity contribution in [1.82, 2.24) is 10.2 Å². The first-order chi connectivity index (χ1) is 23.0. The molecular weight excluding hydrogens is 584 g/mol. The van der Waals surface area contributed by atoms with Gasteiger partial charge in [0.05, 0.1) is 0 Å².